The van der Waals surface area contributed by atoms with E-state index in [0.29, 0.717) is 25.9 Å². The van der Waals surface area contributed by atoms with Crippen LogP contribution in [-0.2, 0) is 23.8 Å². The van der Waals surface area contributed by atoms with Gasteiger partial charge in [0.1, 0.15) is 5.76 Å². The highest BCUT2D eigenvalue weighted by atomic mass is 32.2. The Hall–Kier alpha value is -1.25. The van der Waals surface area contributed by atoms with Crippen LogP contribution >= 0.6 is 0 Å². The van der Waals surface area contributed by atoms with Crippen LogP contribution in [0.2, 0.25) is 0 Å². The zero-order valence-electron chi connectivity index (χ0n) is 12.7. The van der Waals surface area contributed by atoms with Crippen molar-refractivity contribution in [2.24, 2.45) is 11.3 Å². The van der Waals surface area contributed by atoms with Crippen molar-refractivity contribution in [2.75, 3.05) is 6.61 Å². The van der Waals surface area contributed by atoms with E-state index in [2.05, 4.69) is 4.18 Å². The van der Waals surface area contributed by atoms with Crippen LogP contribution < -0.4 is 0 Å². The average Bonchev–Trinajstić information content (AvgIpc) is 2.38. The van der Waals surface area contributed by atoms with Gasteiger partial charge in [0, 0.05) is 12.8 Å². The van der Waals surface area contributed by atoms with Gasteiger partial charge in [0.15, 0.2) is 0 Å². The predicted octanol–water partition coefficient (Wildman–Crippen LogP) is 3.27. The molecule has 0 bridgehead atoms. The molecule has 0 aromatic heterocycles. The lowest BCUT2D eigenvalue weighted by Crippen LogP contribution is -2.39. The highest BCUT2D eigenvalue weighted by Crippen LogP contribution is 2.55. The van der Waals surface area contributed by atoms with E-state index in [1.807, 2.05) is 0 Å². The van der Waals surface area contributed by atoms with Gasteiger partial charge >= 0.3 is 21.6 Å². The summed E-state index contributed by atoms with van der Waals surface area (Å²) < 4.78 is 67.8. The Morgan fingerprint density at radius 2 is 2.04 bits per heavy atom. The van der Waals surface area contributed by atoms with Gasteiger partial charge in [0.2, 0.25) is 0 Å². The topological polar surface area (TPSA) is 69.7 Å². The third-order valence-corrected chi connectivity index (χ3v) is 5.37. The van der Waals surface area contributed by atoms with Crippen molar-refractivity contribution in [1.29, 1.82) is 0 Å². The van der Waals surface area contributed by atoms with E-state index < -0.39 is 15.6 Å². The summed E-state index contributed by atoms with van der Waals surface area (Å²) in [6.07, 6.45) is 4.55. The molecular weight excluding hydrogens is 337 g/mol. The maximum Gasteiger partial charge on any atom is 0.534 e. The van der Waals surface area contributed by atoms with Crippen LogP contribution in [0.25, 0.3) is 0 Å². The molecule has 0 saturated heterocycles. The molecule has 5 nitrogen and oxygen atoms in total. The molecule has 0 radical (unpaired) electrons. The SMILES string of the molecule is CCOC(=O)CC1CC2(CC=C(OS(=O)(=O)C(F)(F)F)CC2)C1. The third kappa shape index (κ3) is 4.19. The van der Waals surface area contributed by atoms with E-state index >= 15 is 0 Å². The molecule has 2 aliphatic rings. The summed E-state index contributed by atoms with van der Waals surface area (Å²) in [5.74, 6) is -0.162. The highest BCUT2D eigenvalue weighted by Gasteiger charge is 2.50. The third-order valence-electron chi connectivity index (χ3n) is 4.37. The Morgan fingerprint density at radius 1 is 1.39 bits per heavy atom. The largest absolute Gasteiger partial charge is 0.534 e. The lowest BCUT2D eigenvalue weighted by atomic mass is 9.56. The van der Waals surface area contributed by atoms with Crippen molar-refractivity contribution in [3.8, 4) is 0 Å². The zero-order valence-corrected chi connectivity index (χ0v) is 13.5. The van der Waals surface area contributed by atoms with Crippen LogP contribution in [0.4, 0.5) is 13.2 Å². The summed E-state index contributed by atoms with van der Waals surface area (Å²) in [5.41, 5.74) is -5.46. The van der Waals surface area contributed by atoms with Crippen molar-refractivity contribution in [3.63, 3.8) is 0 Å². The Kier molecular flexibility index (Phi) is 4.98. The number of alkyl halides is 3. The molecule has 1 spiro atoms. The number of halogens is 3. The second kappa shape index (κ2) is 6.33. The molecule has 0 amide bonds. The second-order valence-corrected chi connectivity index (χ2v) is 7.68. The van der Waals surface area contributed by atoms with Gasteiger partial charge in [-0.15, -0.1) is 0 Å². The fourth-order valence-corrected chi connectivity index (χ4v) is 3.85. The lowest BCUT2D eigenvalue weighted by molar-refractivity contribution is -0.146. The summed E-state index contributed by atoms with van der Waals surface area (Å²) in [7, 11) is -5.59. The fraction of sp³-hybridized carbons (Fsp3) is 0.786. The Labute approximate surface area is 133 Å². The summed E-state index contributed by atoms with van der Waals surface area (Å²) in [6.45, 7) is 2.08. The van der Waals surface area contributed by atoms with Crippen molar-refractivity contribution in [2.45, 2.75) is 51.0 Å². The van der Waals surface area contributed by atoms with E-state index in [-0.39, 0.29) is 29.5 Å². The summed E-state index contributed by atoms with van der Waals surface area (Å²) in [5, 5.41) is 0. The van der Waals surface area contributed by atoms with Gasteiger partial charge in [-0.05, 0) is 50.0 Å². The molecular formula is C14H19F3O5S. The van der Waals surface area contributed by atoms with Crippen LogP contribution in [0, 0.1) is 11.3 Å². The molecule has 23 heavy (non-hydrogen) atoms. The predicted molar refractivity (Wildman–Crippen MR) is 74.4 cm³/mol. The van der Waals surface area contributed by atoms with Crippen LogP contribution in [0.15, 0.2) is 11.8 Å². The second-order valence-electron chi connectivity index (χ2n) is 6.14. The van der Waals surface area contributed by atoms with E-state index in [0.717, 1.165) is 12.8 Å². The average molecular weight is 356 g/mol. The van der Waals surface area contributed by atoms with Crippen molar-refractivity contribution < 1.29 is 35.3 Å². The van der Waals surface area contributed by atoms with Crippen molar-refractivity contribution >= 4 is 16.1 Å². The molecule has 0 atom stereocenters. The molecule has 1 saturated carbocycles. The molecule has 0 aromatic rings. The molecule has 1 fully saturated rings. The van der Waals surface area contributed by atoms with E-state index in [9.17, 15) is 26.4 Å². The lowest BCUT2D eigenvalue weighted by Gasteiger charge is -2.49. The molecule has 0 heterocycles. The first-order valence-electron chi connectivity index (χ1n) is 7.42. The first kappa shape index (κ1) is 18.1. The number of carbonyl (C=O) groups is 1. The minimum absolute atomic E-state index is 0.0496. The smallest absolute Gasteiger partial charge is 0.466 e. The number of rotatable bonds is 5. The number of ether oxygens (including phenoxy) is 1. The summed E-state index contributed by atoms with van der Waals surface area (Å²) >= 11 is 0. The van der Waals surface area contributed by atoms with E-state index in [4.69, 9.17) is 4.74 Å². The number of hydrogen-bond acceptors (Lipinski definition) is 5. The van der Waals surface area contributed by atoms with Crippen LogP contribution in [-0.4, -0.2) is 26.5 Å². The van der Waals surface area contributed by atoms with Crippen molar-refractivity contribution in [1.82, 2.24) is 0 Å². The fourth-order valence-electron chi connectivity index (χ4n) is 3.32. The molecule has 0 unspecified atom stereocenters. The molecule has 0 N–H and O–H groups in total. The minimum Gasteiger partial charge on any atom is -0.466 e. The van der Waals surface area contributed by atoms with Crippen molar-refractivity contribution in [3.05, 3.63) is 11.8 Å². The highest BCUT2D eigenvalue weighted by molar-refractivity contribution is 7.87. The quantitative estimate of drug-likeness (QED) is 0.430. The normalized spacial score (nSPS) is 28.0. The standard InChI is InChI=1S/C14H19F3O5S/c1-2-21-12(18)7-10-8-13(9-10)5-3-11(4-6-13)22-23(19,20)14(15,16)17/h3,10H,2,4-9H2,1H3. The first-order valence-corrected chi connectivity index (χ1v) is 8.83. The molecule has 9 heteroatoms. The molecule has 132 valence electrons. The Morgan fingerprint density at radius 3 is 2.52 bits per heavy atom. The summed E-state index contributed by atoms with van der Waals surface area (Å²) in [4.78, 5) is 11.4. The van der Waals surface area contributed by atoms with Gasteiger partial charge in [-0.25, -0.2) is 0 Å². The molecule has 0 aromatic carbocycles. The van der Waals surface area contributed by atoms with Gasteiger partial charge in [-0.2, -0.15) is 21.6 Å². The molecule has 0 aliphatic heterocycles. The van der Waals surface area contributed by atoms with Gasteiger partial charge in [-0.1, -0.05) is 0 Å². The van der Waals surface area contributed by atoms with E-state index in [1.165, 1.54) is 6.08 Å². The maximum absolute atomic E-state index is 12.3. The van der Waals surface area contributed by atoms with Gasteiger partial charge < -0.3 is 8.92 Å². The van der Waals surface area contributed by atoms with Gasteiger partial charge in [-0.3, -0.25) is 4.79 Å². The summed E-state index contributed by atoms with van der Waals surface area (Å²) in [6, 6.07) is 0. The Bertz CT molecular complexity index is 588. The van der Waals surface area contributed by atoms with Crippen LogP contribution in [0.5, 0.6) is 0 Å². The number of hydrogen-bond donors (Lipinski definition) is 0. The first-order chi connectivity index (χ1) is 10.6. The Balaban J connectivity index is 1.85. The monoisotopic (exact) mass is 356 g/mol. The van der Waals surface area contributed by atoms with Crippen LogP contribution in [0.3, 0.4) is 0 Å². The zero-order chi connectivity index (χ0) is 17.3. The number of esters is 1. The van der Waals surface area contributed by atoms with Crippen LogP contribution in [0.1, 0.15) is 45.4 Å². The molecule has 2 rings (SSSR count). The van der Waals surface area contributed by atoms with Gasteiger partial charge in [0.25, 0.3) is 0 Å². The van der Waals surface area contributed by atoms with Gasteiger partial charge in [0.05, 0.1) is 6.61 Å². The number of carbonyl (C=O) groups excluding carboxylic acids is 1. The number of allylic oxidation sites excluding steroid dienone is 2. The maximum atomic E-state index is 12.3. The van der Waals surface area contributed by atoms with E-state index in [1.54, 1.807) is 6.92 Å². The molecule has 2 aliphatic carbocycles. The minimum atomic E-state index is -5.59.